The second kappa shape index (κ2) is 6.70. The number of nitro groups is 1. The molecule has 0 aromatic heterocycles. The molecule has 1 rings (SSSR count). The predicted molar refractivity (Wildman–Crippen MR) is 69.2 cm³/mol. The second-order valence-corrected chi connectivity index (χ2v) is 4.04. The number of nitrogens with two attached hydrogens (primary N) is 1. The maximum Gasteiger partial charge on any atom is 0.269 e. The summed E-state index contributed by atoms with van der Waals surface area (Å²) in [6.07, 6.45) is 2.52. The van der Waals surface area contributed by atoms with Crippen molar-refractivity contribution in [2.75, 3.05) is 5.32 Å². The van der Waals surface area contributed by atoms with Gasteiger partial charge in [0.2, 0.25) is 5.91 Å². The minimum absolute atomic E-state index is 0.0109. The van der Waals surface area contributed by atoms with Crippen molar-refractivity contribution in [1.29, 1.82) is 0 Å². The summed E-state index contributed by atoms with van der Waals surface area (Å²) in [6.45, 7) is 2.03. The van der Waals surface area contributed by atoms with Crippen LogP contribution in [0.4, 0.5) is 11.4 Å². The molecule has 98 valence electrons. The van der Waals surface area contributed by atoms with Gasteiger partial charge in [-0.1, -0.05) is 19.8 Å². The van der Waals surface area contributed by atoms with Gasteiger partial charge in [-0.15, -0.1) is 0 Å². The summed E-state index contributed by atoms with van der Waals surface area (Å²) in [5, 5.41) is 13.1. The summed E-state index contributed by atoms with van der Waals surface area (Å²) in [5.74, 6) is -0.266. The molecule has 0 saturated carbocycles. The summed E-state index contributed by atoms with van der Waals surface area (Å²) in [5.41, 5.74) is 6.21. The highest BCUT2D eigenvalue weighted by molar-refractivity contribution is 5.94. The van der Waals surface area contributed by atoms with Crippen LogP contribution in [-0.2, 0) is 4.79 Å². The first kappa shape index (κ1) is 14.1. The molecule has 0 fully saturated rings. The Labute approximate surface area is 105 Å². The molecule has 3 N–H and O–H groups in total. The highest BCUT2D eigenvalue weighted by Crippen LogP contribution is 2.15. The van der Waals surface area contributed by atoms with E-state index in [1.165, 1.54) is 24.3 Å². The molecule has 0 spiro atoms. The van der Waals surface area contributed by atoms with Gasteiger partial charge in [0, 0.05) is 17.8 Å². The Morgan fingerprint density at radius 2 is 2.06 bits per heavy atom. The van der Waals surface area contributed by atoms with Gasteiger partial charge >= 0.3 is 0 Å². The average molecular weight is 251 g/mol. The van der Waals surface area contributed by atoms with Gasteiger partial charge in [0.05, 0.1) is 11.0 Å². The van der Waals surface area contributed by atoms with Gasteiger partial charge in [-0.3, -0.25) is 14.9 Å². The van der Waals surface area contributed by atoms with E-state index in [4.69, 9.17) is 5.73 Å². The molecule has 0 radical (unpaired) electrons. The van der Waals surface area contributed by atoms with Crippen LogP contribution in [0, 0.1) is 10.1 Å². The fourth-order valence-corrected chi connectivity index (χ4v) is 1.46. The first-order chi connectivity index (χ1) is 8.54. The Morgan fingerprint density at radius 1 is 1.44 bits per heavy atom. The maximum atomic E-state index is 11.7. The van der Waals surface area contributed by atoms with Crippen LogP contribution in [0.15, 0.2) is 24.3 Å². The van der Waals surface area contributed by atoms with Crippen LogP contribution < -0.4 is 11.1 Å². The number of unbranched alkanes of at least 4 members (excludes halogenated alkanes) is 1. The lowest BCUT2D eigenvalue weighted by Crippen LogP contribution is -2.35. The third-order valence-electron chi connectivity index (χ3n) is 2.55. The van der Waals surface area contributed by atoms with Crippen LogP contribution in [0.5, 0.6) is 0 Å². The quantitative estimate of drug-likeness (QED) is 0.597. The number of non-ortho nitro benzene ring substituents is 1. The lowest BCUT2D eigenvalue weighted by Gasteiger charge is -2.11. The van der Waals surface area contributed by atoms with Gasteiger partial charge in [0.15, 0.2) is 0 Å². The molecule has 1 aromatic rings. The molecule has 18 heavy (non-hydrogen) atoms. The summed E-state index contributed by atoms with van der Waals surface area (Å²) < 4.78 is 0. The van der Waals surface area contributed by atoms with Crippen molar-refractivity contribution in [2.45, 2.75) is 32.2 Å². The number of hydrogen-bond donors (Lipinski definition) is 2. The summed E-state index contributed by atoms with van der Waals surface area (Å²) in [7, 11) is 0. The van der Waals surface area contributed by atoms with Crippen LogP contribution >= 0.6 is 0 Å². The zero-order chi connectivity index (χ0) is 13.5. The van der Waals surface area contributed by atoms with E-state index in [1.54, 1.807) is 0 Å². The van der Waals surface area contributed by atoms with Gasteiger partial charge < -0.3 is 11.1 Å². The van der Waals surface area contributed by atoms with Gasteiger partial charge in [-0.2, -0.15) is 0 Å². The molecule has 0 aliphatic heterocycles. The van der Waals surface area contributed by atoms with Crippen LogP contribution in [0.1, 0.15) is 26.2 Å². The number of carbonyl (C=O) groups excluding carboxylic acids is 1. The molecular weight excluding hydrogens is 234 g/mol. The van der Waals surface area contributed by atoms with Crippen LogP contribution in [0.3, 0.4) is 0 Å². The number of nitrogens with one attached hydrogen (secondary N) is 1. The van der Waals surface area contributed by atoms with E-state index in [-0.39, 0.29) is 11.6 Å². The molecular formula is C12H17N3O3. The Hall–Kier alpha value is -1.95. The lowest BCUT2D eigenvalue weighted by molar-refractivity contribution is -0.384. The van der Waals surface area contributed by atoms with E-state index < -0.39 is 11.0 Å². The van der Waals surface area contributed by atoms with E-state index >= 15 is 0 Å². The van der Waals surface area contributed by atoms with E-state index in [0.29, 0.717) is 12.1 Å². The Kier molecular flexibility index (Phi) is 5.26. The largest absolute Gasteiger partial charge is 0.325 e. The Morgan fingerprint density at radius 3 is 2.56 bits per heavy atom. The fraction of sp³-hybridized carbons (Fsp3) is 0.417. The molecule has 6 nitrogen and oxygen atoms in total. The van der Waals surface area contributed by atoms with Crippen molar-refractivity contribution < 1.29 is 9.72 Å². The number of anilines is 1. The molecule has 1 amide bonds. The molecule has 0 bridgehead atoms. The van der Waals surface area contributed by atoms with Crippen molar-refractivity contribution >= 4 is 17.3 Å². The normalized spacial score (nSPS) is 11.9. The van der Waals surface area contributed by atoms with E-state index in [0.717, 1.165) is 12.8 Å². The van der Waals surface area contributed by atoms with Crippen molar-refractivity contribution in [1.82, 2.24) is 0 Å². The molecule has 1 aromatic carbocycles. The zero-order valence-electron chi connectivity index (χ0n) is 10.3. The standard InChI is InChI=1S/C12H17N3O3/c1-2-3-4-11(13)12(16)14-9-5-7-10(8-6-9)15(17)18/h5-8,11H,2-4,13H2,1H3,(H,14,16). The predicted octanol–water partition coefficient (Wildman–Crippen LogP) is 2.05. The number of amides is 1. The van der Waals surface area contributed by atoms with Gasteiger partial charge in [-0.25, -0.2) is 0 Å². The molecule has 0 heterocycles. The van der Waals surface area contributed by atoms with Crippen molar-refractivity contribution in [3.63, 3.8) is 0 Å². The monoisotopic (exact) mass is 251 g/mol. The van der Waals surface area contributed by atoms with E-state index in [9.17, 15) is 14.9 Å². The van der Waals surface area contributed by atoms with Crippen LogP contribution in [0.2, 0.25) is 0 Å². The highest BCUT2D eigenvalue weighted by Gasteiger charge is 2.13. The Balaban J connectivity index is 2.56. The van der Waals surface area contributed by atoms with E-state index in [1.807, 2.05) is 6.92 Å². The van der Waals surface area contributed by atoms with Crippen molar-refractivity contribution in [3.05, 3.63) is 34.4 Å². The van der Waals surface area contributed by atoms with E-state index in [2.05, 4.69) is 5.32 Å². The molecule has 0 aliphatic rings. The molecule has 6 heteroatoms. The van der Waals surface area contributed by atoms with Gasteiger partial charge in [-0.05, 0) is 18.6 Å². The molecule has 1 unspecified atom stereocenters. The summed E-state index contributed by atoms with van der Waals surface area (Å²) in [6, 6.07) is 5.12. The zero-order valence-corrected chi connectivity index (χ0v) is 10.3. The number of nitrogens with zero attached hydrogens (tertiary/aromatic N) is 1. The van der Waals surface area contributed by atoms with Gasteiger partial charge in [0.25, 0.3) is 5.69 Å². The number of carbonyl (C=O) groups is 1. The maximum absolute atomic E-state index is 11.7. The smallest absolute Gasteiger partial charge is 0.269 e. The lowest BCUT2D eigenvalue weighted by atomic mass is 10.1. The van der Waals surface area contributed by atoms with Crippen molar-refractivity contribution in [2.24, 2.45) is 5.73 Å². The Bertz CT molecular complexity index is 417. The fourth-order valence-electron chi connectivity index (χ4n) is 1.46. The van der Waals surface area contributed by atoms with Gasteiger partial charge in [0.1, 0.15) is 0 Å². The summed E-state index contributed by atoms with van der Waals surface area (Å²) in [4.78, 5) is 21.6. The summed E-state index contributed by atoms with van der Waals surface area (Å²) >= 11 is 0. The number of nitro benzene ring substituents is 1. The SMILES string of the molecule is CCCCC(N)C(=O)Nc1ccc([N+](=O)[O-])cc1. The first-order valence-electron chi connectivity index (χ1n) is 5.85. The van der Waals surface area contributed by atoms with Crippen LogP contribution in [-0.4, -0.2) is 16.9 Å². The third kappa shape index (κ3) is 4.14. The highest BCUT2D eigenvalue weighted by atomic mass is 16.6. The second-order valence-electron chi connectivity index (χ2n) is 4.04. The number of rotatable bonds is 6. The number of hydrogen-bond acceptors (Lipinski definition) is 4. The molecule has 0 saturated heterocycles. The first-order valence-corrected chi connectivity index (χ1v) is 5.85. The third-order valence-corrected chi connectivity index (χ3v) is 2.55. The molecule has 1 atom stereocenters. The minimum atomic E-state index is -0.542. The van der Waals surface area contributed by atoms with Crippen molar-refractivity contribution in [3.8, 4) is 0 Å². The van der Waals surface area contributed by atoms with Crippen LogP contribution in [0.25, 0.3) is 0 Å². The topological polar surface area (TPSA) is 98.3 Å². The minimum Gasteiger partial charge on any atom is -0.325 e. The molecule has 0 aliphatic carbocycles. The number of benzene rings is 1. The average Bonchev–Trinajstić information content (AvgIpc) is 2.36.